The van der Waals surface area contributed by atoms with Crippen molar-refractivity contribution in [2.75, 3.05) is 6.54 Å². The lowest BCUT2D eigenvalue weighted by molar-refractivity contribution is -0.113. The molecule has 0 fully saturated rings. The van der Waals surface area contributed by atoms with E-state index in [-0.39, 0.29) is 5.91 Å². The standard InChI is InChI=1S/C18H15N5OS/c24-17-16(9-12-3-4-15-13(8-12)2-1-6-20-15)25-18(23-17)21-7-5-14-10-19-11-22-14/h1-4,6,8-11H,5,7H2,(H,19,22)(H,21,23,24)/b16-9-. The first-order valence-electron chi connectivity index (χ1n) is 7.86. The van der Waals surface area contributed by atoms with E-state index in [1.807, 2.05) is 36.4 Å². The molecule has 0 saturated carbocycles. The van der Waals surface area contributed by atoms with Crippen LogP contribution in [0.3, 0.4) is 0 Å². The number of hydrogen-bond acceptors (Lipinski definition) is 5. The van der Waals surface area contributed by atoms with Gasteiger partial charge in [0, 0.05) is 36.4 Å². The summed E-state index contributed by atoms with van der Waals surface area (Å²) in [7, 11) is 0. The van der Waals surface area contributed by atoms with Crippen molar-refractivity contribution in [3.63, 3.8) is 0 Å². The third-order valence-corrected chi connectivity index (χ3v) is 4.71. The van der Waals surface area contributed by atoms with E-state index in [1.165, 1.54) is 11.8 Å². The second-order valence-electron chi connectivity index (χ2n) is 5.54. The molecule has 25 heavy (non-hydrogen) atoms. The molecule has 7 heteroatoms. The fraction of sp³-hybridized carbons (Fsp3) is 0.111. The van der Waals surface area contributed by atoms with E-state index in [1.54, 1.807) is 18.7 Å². The third kappa shape index (κ3) is 3.61. The summed E-state index contributed by atoms with van der Waals surface area (Å²) in [6.45, 7) is 0.691. The first kappa shape index (κ1) is 15.6. The number of nitrogens with zero attached hydrogens (tertiary/aromatic N) is 3. The van der Waals surface area contributed by atoms with Gasteiger partial charge in [0.05, 0.1) is 16.7 Å². The Labute approximate surface area is 148 Å². The van der Waals surface area contributed by atoms with E-state index >= 15 is 0 Å². The van der Waals surface area contributed by atoms with E-state index < -0.39 is 0 Å². The van der Waals surface area contributed by atoms with Crippen LogP contribution < -0.4 is 5.32 Å². The number of nitrogens with one attached hydrogen (secondary N) is 2. The molecule has 1 amide bonds. The molecule has 0 unspecified atom stereocenters. The predicted molar refractivity (Wildman–Crippen MR) is 100 cm³/mol. The van der Waals surface area contributed by atoms with Crippen LogP contribution in [0, 0.1) is 0 Å². The van der Waals surface area contributed by atoms with Crippen molar-refractivity contribution >= 4 is 39.8 Å². The van der Waals surface area contributed by atoms with Crippen LogP contribution in [0.2, 0.25) is 0 Å². The minimum Gasteiger partial charge on any atom is -0.364 e. The maximum absolute atomic E-state index is 12.1. The molecule has 6 nitrogen and oxygen atoms in total. The highest BCUT2D eigenvalue weighted by molar-refractivity contribution is 8.18. The summed E-state index contributed by atoms with van der Waals surface area (Å²) in [6, 6.07) is 9.84. The van der Waals surface area contributed by atoms with Crippen molar-refractivity contribution in [1.82, 2.24) is 20.3 Å². The van der Waals surface area contributed by atoms with Gasteiger partial charge in [-0.3, -0.25) is 9.78 Å². The molecule has 124 valence electrons. The molecule has 2 aromatic heterocycles. The Morgan fingerprint density at radius 1 is 1.28 bits per heavy atom. The summed E-state index contributed by atoms with van der Waals surface area (Å²) >= 11 is 1.37. The zero-order chi connectivity index (χ0) is 17.1. The highest BCUT2D eigenvalue weighted by Crippen LogP contribution is 2.28. The smallest absolute Gasteiger partial charge is 0.286 e. The van der Waals surface area contributed by atoms with Crippen molar-refractivity contribution in [3.05, 3.63) is 65.2 Å². The molecule has 1 aliphatic rings. The summed E-state index contributed by atoms with van der Waals surface area (Å²) in [5.41, 5.74) is 2.95. The Bertz CT molecular complexity index is 978. The van der Waals surface area contributed by atoms with Gasteiger partial charge < -0.3 is 10.3 Å². The van der Waals surface area contributed by atoms with Gasteiger partial charge in [-0.2, -0.15) is 4.99 Å². The van der Waals surface area contributed by atoms with Gasteiger partial charge in [0.15, 0.2) is 5.17 Å². The number of aliphatic imine (C=N–C) groups is 1. The summed E-state index contributed by atoms with van der Waals surface area (Å²) in [5, 5.41) is 4.87. The molecule has 1 aliphatic heterocycles. The number of imidazole rings is 1. The van der Waals surface area contributed by atoms with Crippen LogP contribution in [0.15, 0.2) is 59.0 Å². The fourth-order valence-corrected chi connectivity index (χ4v) is 3.38. The minimum absolute atomic E-state index is 0.208. The second kappa shape index (κ2) is 6.90. The molecule has 0 saturated heterocycles. The number of carbonyl (C=O) groups is 1. The highest BCUT2D eigenvalue weighted by atomic mass is 32.2. The Kier molecular flexibility index (Phi) is 4.30. The topological polar surface area (TPSA) is 83.0 Å². The number of rotatable bonds is 4. The van der Waals surface area contributed by atoms with Crippen molar-refractivity contribution < 1.29 is 4.79 Å². The number of amides is 1. The molecule has 3 heterocycles. The average Bonchev–Trinajstić information content (AvgIpc) is 3.25. The van der Waals surface area contributed by atoms with Crippen LogP contribution in [0.5, 0.6) is 0 Å². The lowest BCUT2D eigenvalue weighted by Gasteiger charge is -2.03. The number of H-pyrrole nitrogens is 1. The maximum atomic E-state index is 12.1. The number of amidine groups is 1. The van der Waals surface area contributed by atoms with Crippen LogP contribution >= 0.6 is 11.8 Å². The fourth-order valence-electron chi connectivity index (χ4n) is 2.55. The van der Waals surface area contributed by atoms with E-state index in [0.29, 0.717) is 16.6 Å². The molecule has 0 bridgehead atoms. The number of benzene rings is 1. The number of thioether (sulfide) groups is 1. The van der Waals surface area contributed by atoms with Gasteiger partial charge in [-0.1, -0.05) is 12.1 Å². The second-order valence-corrected chi connectivity index (χ2v) is 6.57. The van der Waals surface area contributed by atoms with Crippen LogP contribution in [0.4, 0.5) is 0 Å². The van der Waals surface area contributed by atoms with Crippen molar-refractivity contribution in [2.24, 2.45) is 4.99 Å². The van der Waals surface area contributed by atoms with E-state index in [9.17, 15) is 4.79 Å². The van der Waals surface area contributed by atoms with Gasteiger partial charge >= 0.3 is 0 Å². The molecular formula is C18H15N5OS. The molecule has 0 atom stereocenters. The van der Waals surface area contributed by atoms with Crippen LogP contribution in [0.1, 0.15) is 11.3 Å². The highest BCUT2D eigenvalue weighted by Gasteiger charge is 2.21. The normalized spacial score (nSPS) is 15.8. The zero-order valence-corrected chi connectivity index (χ0v) is 14.1. The van der Waals surface area contributed by atoms with E-state index in [0.717, 1.165) is 28.6 Å². The largest absolute Gasteiger partial charge is 0.364 e. The number of fused-ring (bicyclic) bond motifs is 1. The van der Waals surface area contributed by atoms with Crippen molar-refractivity contribution in [2.45, 2.75) is 6.42 Å². The number of aromatic amines is 1. The Balaban J connectivity index is 1.42. The average molecular weight is 349 g/mol. The lowest BCUT2D eigenvalue weighted by atomic mass is 10.1. The molecule has 1 aromatic carbocycles. The van der Waals surface area contributed by atoms with Gasteiger partial charge in [-0.05, 0) is 41.6 Å². The zero-order valence-electron chi connectivity index (χ0n) is 13.3. The summed E-state index contributed by atoms with van der Waals surface area (Å²) < 4.78 is 0. The SMILES string of the molecule is O=C1N=C(NCCc2cnc[nH]2)S/C1=C\c1ccc2ncccc2c1. The van der Waals surface area contributed by atoms with Crippen molar-refractivity contribution in [1.29, 1.82) is 0 Å². The molecule has 0 spiro atoms. The molecule has 0 radical (unpaired) electrons. The molecule has 3 aromatic rings. The monoisotopic (exact) mass is 349 g/mol. The number of carbonyl (C=O) groups excluding carboxylic acids is 1. The van der Waals surface area contributed by atoms with E-state index in [2.05, 4.69) is 25.3 Å². The third-order valence-electron chi connectivity index (χ3n) is 3.77. The number of hydrogen-bond donors (Lipinski definition) is 2. The van der Waals surface area contributed by atoms with Crippen LogP contribution in [-0.4, -0.2) is 32.6 Å². The minimum atomic E-state index is -0.208. The first-order valence-corrected chi connectivity index (χ1v) is 8.68. The van der Waals surface area contributed by atoms with Crippen LogP contribution in [-0.2, 0) is 11.2 Å². The summed E-state index contributed by atoms with van der Waals surface area (Å²) in [6.07, 6.45) is 7.87. The Hall–Kier alpha value is -2.93. The van der Waals surface area contributed by atoms with Crippen molar-refractivity contribution in [3.8, 4) is 0 Å². The molecule has 4 rings (SSSR count). The van der Waals surface area contributed by atoms with E-state index in [4.69, 9.17) is 0 Å². The predicted octanol–water partition coefficient (Wildman–Crippen LogP) is 2.76. The number of aromatic nitrogens is 3. The van der Waals surface area contributed by atoms with Gasteiger partial charge in [0.25, 0.3) is 5.91 Å². The maximum Gasteiger partial charge on any atom is 0.286 e. The molecule has 2 N–H and O–H groups in total. The van der Waals surface area contributed by atoms with Gasteiger partial charge in [0.1, 0.15) is 0 Å². The van der Waals surface area contributed by atoms with Gasteiger partial charge in [-0.25, -0.2) is 4.98 Å². The lowest BCUT2D eigenvalue weighted by Crippen LogP contribution is -2.21. The summed E-state index contributed by atoms with van der Waals surface area (Å²) in [4.78, 5) is 28.1. The van der Waals surface area contributed by atoms with Gasteiger partial charge in [-0.15, -0.1) is 0 Å². The first-order chi connectivity index (χ1) is 12.3. The van der Waals surface area contributed by atoms with Gasteiger partial charge in [0.2, 0.25) is 0 Å². The summed E-state index contributed by atoms with van der Waals surface area (Å²) in [5.74, 6) is -0.208. The quantitative estimate of drug-likeness (QED) is 0.708. The number of pyridine rings is 1. The molecule has 0 aliphatic carbocycles. The van der Waals surface area contributed by atoms with Crippen LogP contribution in [0.25, 0.3) is 17.0 Å². The Morgan fingerprint density at radius 2 is 2.24 bits per heavy atom. The Morgan fingerprint density at radius 3 is 3.12 bits per heavy atom. The molecular weight excluding hydrogens is 334 g/mol.